The minimum absolute atomic E-state index is 0.0637. The molecule has 0 aromatic heterocycles. The highest BCUT2D eigenvalue weighted by Crippen LogP contribution is 2.38. The number of ether oxygens (including phenoxy) is 1. The van der Waals surface area contributed by atoms with E-state index in [4.69, 9.17) is 4.74 Å². The first-order chi connectivity index (χ1) is 18.0. The molecule has 2 aromatic carbocycles. The molecule has 0 bridgehead atoms. The number of nitrogens with zero attached hydrogens (tertiary/aromatic N) is 1. The van der Waals surface area contributed by atoms with Crippen molar-refractivity contribution in [2.75, 3.05) is 12.0 Å². The molecule has 2 aromatic rings. The fourth-order valence-corrected chi connectivity index (χ4v) is 5.00. The number of alkyl carbamates (subject to hydrolysis) is 1. The number of hydrogen-bond donors (Lipinski definition) is 2. The Labute approximate surface area is 231 Å². The van der Waals surface area contributed by atoms with Crippen LogP contribution in [0.25, 0.3) is 0 Å². The summed E-state index contributed by atoms with van der Waals surface area (Å²) in [5, 5.41) is 5.88. The van der Waals surface area contributed by atoms with Crippen LogP contribution in [0.3, 0.4) is 0 Å². The van der Waals surface area contributed by atoms with Gasteiger partial charge < -0.3 is 20.3 Å². The predicted octanol–water partition coefficient (Wildman–Crippen LogP) is 5.30. The molecule has 0 saturated heterocycles. The van der Waals surface area contributed by atoms with E-state index < -0.39 is 23.8 Å². The fourth-order valence-electron chi connectivity index (χ4n) is 4.53. The normalized spacial score (nSPS) is 14.8. The number of benzene rings is 2. The summed E-state index contributed by atoms with van der Waals surface area (Å²) in [5.74, 6) is 0.196. The van der Waals surface area contributed by atoms with Crippen molar-refractivity contribution in [3.63, 3.8) is 0 Å². The van der Waals surface area contributed by atoms with E-state index in [1.165, 1.54) is 0 Å². The Morgan fingerprint density at radius 1 is 1.03 bits per heavy atom. The summed E-state index contributed by atoms with van der Waals surface area (Å²) < 4.78 is 5.47. The van der Waals surface area contributed by atoms with Crippen LogP contribution in [0, 0.1) is 13.8 Å². The molecule has 0 heterocycles. The number of carbonyl (C=O) groups is 3. The Morgan fingerprint density at radius 2 is 1.66 bits per heavy atom. The summed E-state index contributed by atoms with van der Waals surface area (Å²) in [4.78, 5) is 42.6. The van der Waals surface area contributed by atoms with E-state index in [-0.39, 0.29) is 17.9 Å². The second kappa shape index (κ2) is 13.2. The fraction of sp³-hybridized carbons (Fsp3) is 0.500. The Balaban J connectivity index is 1.97. The highest BCUT2D eigenvalue weighted by atomic mass is 32.2. The van der Waals surface area contributed by atoms with Gasteiger partial charge in [0.15, 0.2) is 0 Å². The van der Waals surface area contributed by atoms with Crippen LogP contribution >= 0.6 is 11.8 Å². The van der Waals surface area contributed by atoms with Gasteiger partial charge in [-0.2, -0.15) is 11.8 Å². The lowest BCUT2D eigenvalue weighted by atomic mass is 9.93. The lowest BCUT2D eigenvalue weighted by Crippen LogP contribution is -2.54. The summed E-state index contributed by atoms with van der Waals surface area (Å²) >= 11 is 1.60. The molecule has 7 nitrogen and oxygen atoms in total. The molecule has 3 rings (SSSR count). The van der Waals surface area contributed by atoms with E-state index in [1.54, 1.807) is 37.4 Å². The van der Waals surface area contributed by atoms with E-state index in [0.717, 1.165) is 35.1 Å². The highest BCUT2D eigenvalue weighted by molar-refractivity contribution is 7.98. The molecule has 38 heavy (non-hydrogen) atoms. The summed E-state index contributed by atoms with van der Waals surface area (Å²) in [6.45, 7) is 9.67. The first kappa shape index (κ1) is 29.6. The van der Waals surface area contributed by atoms with Crippen molar-refractivity contribution in [1.29, 1.82) is 0 Å². The zero-order valence-electron chi connectivity index (χ0n) is 23.4. The number of nitrogens with one attached hydrogen (secondary N) is 2. The van der Waals surface area contributed by atoms with Crippen LogP contribution in [-0.4, -0.2) is 52.5 Å². The minimum Gasteiger partial charge on any atom is -0.444 e. The van der Waals surface area contributed by atoms with Gasteiger partial charge in [-0.3, -0.25) is 9.59 Å². The quantitative estimate of drug-likeness (QED) is 0.405. The standard InChI is InChI=1S/C30H41N3O4S/c1-20-11-10-12-21(2)25(20)26(27(34)31-19-22-13-8-7-9-14-22)33(23-15-16-23)28(35)24(17-18-38-6)32-29(36)37-30(3,4)5/h7-14,23-24,26H,15-19H2,1-6H3,(H,31,34)(H,32,36). The maximum Gasteiger partial charge on any atom is 0.408 e. The average Bonchev–Trinajstić information content (AvgIpc) is 3.69. The third kappa shape index (κ3) is 8.25. The van der Waals surface area contributed by atoms with Crippen LogP contribution in [0.1, 0.15) is 68.3 Å². The van der Waals surface area contributed by atoms with E-state index in [1.807, 2.05) is 68.6 Å². The van der Waals surface area contributed by atoms with Gasteiger partial charge >= 0.3 is 6.09 Å². The Bertz CT molecular complexity index is 1090. The van der Waals surface area contributed by atoms with Gasteiger partial charge in [-0.1, -0.05) is 48.5 Å². The van der Waals surface area contributed by atoms with Crippen molar-refractivity contribution >= 4 is 29.7 Å². The zero-order chi connectivity index (χ0) is 27.9. The zero-order valence-corrected chi connectivity index (χ0v) is 24.2. The molecular formula is C30H41N3O4S. The van der Waals surface area contributed by atoms with Gasteiger partial charge in [-0.15, -0.1) is 0 Å². The lowest BCUT2D eigenvalue weighted by molar-refractivity contribution is -0.143. The molecule has 2 unspecified atom stereocenters. The third-order valence-electron chi connectivity index (χ3n) is 6.45. The molecule has 1 aliphatic rings. The smallest absolute Gasteiger partial charge is 0.408 e. The van der Waals surface area contributed by atoms with Crippen molar-refractivity contribution in [2.45, 2.75) is 84.2 Å². The molecule has 3 amide bonds. The van der Waals surface area contributed by atoms with Gasteiger partial charge in [0, 0.05) is 12.6 Å². The van der Waals surface area contributed by atoms with Crippen molar-refractivity contribution in [2.24, 2.45) is 0 Å². The number of aryl methyl sites for hydroxylation is 2. The van der Waals surface area contributed by atoms with Crippen molar-refractivity contribution in [3.8, 4) is 0 Å². The summed E-state index contributed by atoms with van der Waals surface area (Å²) in [5.41, 5.74) is 3.02. The van der Waals surface area contributed by atoms with E-state index >= 15 is 0 Å². The van der Waals surface area contributed by atoms with Crippen molar-refractivity contribution in [3.05, 3.63) is 70.8 Å². The van der Waals surface area contributed by atoms with Crippen molar-refractivity contribution < 1.29 is 19.1 Å². The van der Waals surface area contributed by atoms with Crippen LogP contribution in [-0.2, 0) is 20.9 Å². The molecule has 1 fully saturated rings. The first-order valence-electron chi connectivity index (χ1n) is 13.2. The predicted molar refractivity (Wildman–Crippen MR) is 153 cm³/mol. The van der Waals surface area contributed by atoms with Crippen LogP contribution in [0.2, 0.25) is 0 Å². The van der Waals surface area contributed by atoms with E-state index in [9.17, 15) is 14.4 Å². The molecule has 1 saturated carbocycles. The molecule has 2 N–H and O–H groups in total. The Morgan fingerprint density at radius 3 is 2.21 bits per heavy atom. The number of rotatable bonds is 11. The maximum atomic E-state index is 14.2. The van der Waals surface area contributed by atoms with Crippen molar-refractivity contribution in [1.82, 2.24) is 15.5 Å². The summed E-state index contributed by atoms with van der Waals surface area (Å²) in [6, 6.07) is 14.0. The Kier molecular flexibility index (Phi) is 10.3. The largest absolute Gasteiger partial charge is 0.444 e. The molecule has 0 radical (unpaired) electrons. The SMILES string of the molecule is CSCCC(NC(=O)OC(C)(C)C)C(=O)N(C1CC1)C(C(=O)NCc1ccccc1)c1c(C)cccc1C. The number of carbonyl (C=O) groups excluding carboxylic acids is 3. The van der Waals surface area contributed by atoms with Gasteiger partial charge in [-0.05, 0) is 88.1 Å². The first-order valence-corrected chi connectivity index (χ1v) is 14.6. The second-order valence-electron chi connectivity index (χ2n) is 10.9. The molecule has 1 aliphatic carbocycles. The maximum absolute atomic E-state index is 14.2. The Hall–Kier alpha value is -3.00. The van der Waals surface area contributed by atoms with Crippen LogP contribution < -0.4 is 10.6 Å². The minimum atomic E-state index is -0.808. The summed E-state index contributed by atoms with van der Waals surface area (Å²) in [6.07, 6.45) is 3.41. The van der Waals surface area contributed by atoms with Crippen LogP contribution in [0.4, 0.5) is 4.79 Å². The van der Waals surface area contributed by atoms with E-state index in [0.29, 0.717) is 18.7 Å². The molecule has 0 aliphatic heterocycles. The lowest BCUT2D eigenvalue weighted by Gasteiger charge is -2.36. The van der Waals surface area contributed by atoms with Gasteiger partial charge in [0.1, 0.15) is 17.7 Å². The van der Waals surface area contributed by atoms with Gasteiger partial charge in [-0.25, -0.2) is 4.79 Å². The number of hydrogen-bond acceptors (Lipinski definition) is 5. The molecule has 0 spiro atoms. The van der Waals surface area contributed by atoms with Crippen LogP contribution in [0.5, 0.6) is 0 Å². The topological polar surface area (TPSA) is 87.7 Å². The molecule has 8 heteroatoms. The molecule has 206 valence electrons. The van der Waals surface area contributed by atoms with Crippen LogP contribution in [0.15, 0.2) is 48.5 Å². The van der Waals surface area contributed by atoms with Gasteiger partial charge in [0.05, 0.1) is 0 Å². The van der Waals surface area contributed by atoms with Gasteiger partial charge in [0.25, 0.3) is 0 Å². The summed E-state index contributed by atoms with van der Waals surface area (Å²) in [7, 11) is 0. The third-order valence-corrected chi connectivity index (χ3v) is 7.09. The second-order valence-corrected chi connectivity index (χ2v) is 11.9. The molecule has 2 atom stereocenters. The van der Waals surface area contributed by atoms with E-state index in [2.05, 4.69) is 10.6 Å². The monoisotopic (exact) mass is 539 g/mol. The highest BCUT2D eigenvalue weighted by Gasteiger charge is 2.44. The number of thioether (sulfide) groups is 1. The molecular weight excluding hydrogens is 498 g/mol. The average molecular weight is 540 g/mol. The van der Waals surface area contributed by atoms with Gasteiger partial charge in [0.2, 0.25) is 11.8 Å². The number of amides is 3.